The van der Waals surface area contributed by atoms with Crippen LogP contribution in [0.2, 0.25) is 5.02 Å². The Morgan fingerprint density at radius 1 is 1.41 bits per heavy atom. The summed E-state index contributed by atoms with van der Waals surface area (Å²) in [7, 11) is 0. The van der Waals surface area contributed by atoms with Crippen LogP contribution >= 0.6 is 54.8 Å². The SMILES string of the molecule is Cc1cc(Br)c(C(Br)c2cccc(Cl)c2F)s1. The number of alkyl halides is 1. The van der Waals surface area contributed by atoms with E-state index in [1.54, 1.807) is 29.5 Å². The van der Waals surface area contributed by atoms with Gasteiger partial charge in [-0.1, -0.05) is 39.7 Å². The standard InChI is InChI=1S/C12H8Br2ClFS/c1-6-5-8(13)12(17-6)10(14)7-3-2-4-9(15)11(7)16/h2-5,10H,1H3. The van der Waals surface area contributed by atoms with Crippen molar-refractivity contribution in [3.05, 3.63) is 54.9 Å². The summed E-state index contributed by atoms with van der Waals surface area (Å²) in [4.78, 5) is 2.04. The molecule has 1 aromatic carbocycles. The van der Waals surface area contributed by atoms with Gasteiger partial charge in [-0.05, 0) is 35.0 Å². The van der Waals surface area contributed by atoms with Crippen molar-refractivity contribution in [1.29, 1.82) is 0 Å². The molecule has 5 heteroatoms. The van der Waals surface area contributed by atoms with E-state index in [1.165, 1.54) is 4.88 Å². The first-order valence-corrected chi connectivity index (χ1v) is 7.75. The van der Waals surface area contributed by atoms with Crippen LogP contribution in [0.1, 0.15) is 20.1 Å². The van der Waals surface area contributed by atoms with E-state index >= 15 is 0 Å². The molecule has 0 aliphatic carbocycles. The zero-order chi connectivity index (χ0) is 12.6. The molecule has 1 unspecified atom stereocenters. The Morgan fingerprint density at radius 3 is 2.71 bits per heavy atom. The van der Waals surface area contributed by atoms with Gasteiger partial charge in [0, 0.05) is 19.8 Å². The Morgan fingerprint density at radius 2 is 2.12 bits per heavy atom. The number of thiophene rings is 1. The van der Waals surface area contributed by atoms with Gasteiger partial charge in [-0.25, -0.2) is 4.39 Å². The number of benzene rings is 1. The first-order valence-electron chi connectivity index (χ1n) is 4.84. The fourth-order valence-electron chi connectivity index (χ4n) is 1.53. The second-order valence-electron chi connectivity index (χ2n) is 3.57. The molecule has 0 saturated heterocycles. The van der Waals surface area contributed by atoms with Crippen molar-refractivity contribution in [2.45, 2.75) is 11.8 Å². The van der Waals surface area contributed by atoms with Crippen LogP contribution in [0.3, 0.4) is 0 Å². The molecular formula is C12H8Br2ClFS. The summed E-state index contributed by atoms with van der Waals surface area (Å²) >= 11 is 14.4. The average molecular weight is 399 g/mol. The van der Waals surface area contributed by atoms with Gasteiger partial charge in [-0.3, -0.25) is 0 Å². The molecule has 0 spiro atoms. The quantitative estimate of drug-likeness (QED) is 0.537. The molecule has 1 atom stereocenters. The zero-order valence-corrected chi connectivity index (χ0v) is 13.6. The number of hydrogen-bond donors (Lipinski definition) is 0. The van der Waals surface area contributed by atoms with E-state index in [-0.39, 0.29) is 15.7 Å². The first-order chi connectivity index (χ1) is 8.00. The van der Waals surface area contributed by atoms with E-state index in [4.69, 9.17) is 11.6 Å². The van der Waals surface area contributed by atoms with Crippen molar-refractivity contribution in [1.82, 2.24) is 0 Å². The van der Waals surface area contributed by atoms with E-state index in [0.29, 0.717) is 5.56 Å². The molecule has 0 amide bonds. The summed E-state index contributed by atoms with van der Waals surface area (Å²) in [5, 5.41) is 0.149. The highest BCUT2D eigenvalue weighted by Gasteiger charge is 2.20. The predicted octanol–water partition coefficient (Wildman–Crippen LogP) is 6.10. The van der Waals surface area contributed by atoms with Gasteiger partial charge < -0.3 is 0 Å². The summed E-state index contributed by atoms with van der Waals surface area (Å²) < 4.78 is 14.9. The van der Waals surface area contributed by atoms with Gasteiger partial charge >= 0.3 is 0 Å². The lowest BCUT2D eigenvalue weighted by atomic mass is 10.1. The largest absolute Gasteiger partial charge is 0.205 e. The van der Waals surface area contributed by atoms with Gasteiger partial charge in [-0.15, -0.1) is 11.3 Å². The Labute approximate surface area is 125 Å². The van der Waals surface area contributed by atoms with Crippen molar-refractivity contribution in [3.63, 3.8) is 0 Å². The molecule has 17 heavy (non-hydrogen) atoms. The Kier molecular flexibility index (Phi) is 4.29. The van der Waals surface area contributed by atoms with Gasteiger partial charge in [0.1, 0.15) is 5.82 Å². The zero-order valence-electron chi connectivity index (χ0n) is 8.81. The van der Waals surface area contributed by atoms with Gasteiger partial charge in [0.25, 0.3) is 0 Å². The molecule has 0 aliphatic heterocycles. The molecule has 0 N–H and O–H groups in total. The minimum absolute atomic E-state index is 0.149. The maximum Gasteiger partial charge on any atom is 0.146 e. The molecule has 0 nitrogen and oxygen atoms in total. The molecule has 0 fully saturated rings. The van der Waals surface area contributed by atoms with Crippen LogP contribution in [-0.4, -0.2) is 0 Å². The summed E-state index contributed by atoms with van der Waals surface area (Å²) in [6.07, 6.45) is 0. The maximum atomic E-state index is 13.9. The van der Waals surface area contributed by atoms with E-state index in [9.17, 15) is 4.39 Å². The minimum Gasteiger partial charge on any atom is -0.205 e. The molecule has 2 aromatic rings. The van der Waals surface area contributed by atoms with Crippen LogP contribution in [0, 0.1) is 12.7 Å². The lowest BCUT2D eigenvalue weighted by Gasteiger charge is -2.11. The van der Waals surface area contributed by atoms with Crippen LogP contribution in [0.15, 0.2) is 28.7 Å². The molecule has 2 rings (SSSR count). The molecule has 0 saturated carbocycles. The van der Waals surface area contributed by atoms with Gasteiger partial charge in [0.2, 0.25) is 0 Å². The summed E-state index contributed by atoms with van der Waals surface area (Å²) in [5.41, 5.74) is 0.556. The molecule has 0 bridgehead atoms. The van der Waals surface area contributed by atoms with Crippen molar-refractivity contribution in [3.8, 4) is 0 Å². The Hall–Kier alpha value is 0.1000. The van der Waals surface area contributed by atoms with Gasteiger partial charge in [-0.2, -0.15) is 0 Å². The second kappa shape index (κ2) is 5.39. The molecule has 0 aliphatic rings. The molecule has 90 valence electrons. The van der Waals surface area contributed by atoms with E-state index in [1.807, 2.05) is 13.0 Å². The van der Waals surface area contributed by atoms with E-state index in [0.717, 1.165) is 9.35 Å². The third-order valence-electron chi connectivity index (χ3n) is 2.32. The molecule has 1 heterocycles. The highest BCUT2D eigenvalue weighted by molar-refractivity contribution is 9.11. The third kappa shape index (κ3) is 2.75. The number of aryl methyl sites for hydroxylation is 1. The Bertz CT molecular complexity index is 553. The van der Waals surface area contributed by atoms with Crippen LogP contribution < -0.4 is 0 Å². The highest BCUT2D eigenvalue weighted by atomic mass is 79.9. The first kappa shape index (κ1) is 13.5. The van der Waals surface area contributed by atoms with Crippen LogP contribution in [0.25, 0.3) is 0 Å². The predicted molar refractivity (Wildman–Crippen MR) is 78.9 cm³/mol. The maximum absolute atomic E-state index is 13.9. The minimum atomic E-state index is -0.367. The van der Waals surface area contributed by atoms with Crippen molar-refractivity contribution in [2.75, 3.05) is 0 Å². The fourth-order valence-corrected chi connectivity index (χ4v) is 4.78. The summed E-state index contributed by atoms with van der Waals surface area (Å²) in [6, 6.07) is 7.07. The number of halogens is 4. The second-order valence-corrected chi connectivity index (χ2v) is 7.04. The summed E-state index contributed by atoms with van der Waals surface area (Å²) in [6.45, 7) is 2.02. The normalized spacial score (nSPS) is 12.8. The van der Waals surface area contributed by atoms with Crippen molar-refractivity contribution in [2.24, 2.45) is 0 Å². The Balaban J connectivity index is 2.47. The van der Waals surface area contributed by atoms with Gasteiger partial charge in [0.05, 0.1) is 9.85 Å². The van der Waals surface area contributed by atoms with Gasteiger partial charge in [0.15, 0.2) is 0 Å². The highest BCUT2D eigenvalue weighted by Crippen LogP contribution is 2.42. The van der Waals surface area contributed by atoms with Crippen LogP contribution in [0.5, 0.6) is 0 Å². The lowest BCUT2D eigenvalue weighted by molar-refractivity contribution is 0.614. The van der Waals surface area contributed by atoms with Crippen molar-refractivity contribution >= 4 is 54.8 Å². The molecule has 1 aromatic heterocycles. The van der Waals surface area contributed by atoms with Crippen LogP contribution in [0.4, 0.5) is 4.39 Å². The number of hydrogen-bond acceptors (Lipinski definition) is 1. The third-order valence-corrected chi connectivity index (χ3v) is 5.90. The summed E-state index contributed by atoms with van der Waals surface area (Å²) in [5.74, 6) is -0.367. The molecule has 0 radical (unpaired) electrons. The topological polar surface area (TPSA) is 0 Å². The monoisotopic (exact) mass is 396 g/mol. The van der Waals surface area contributed by atoms with E-state index in [2.05, 4.69) is 31.9 Å². The lowest BCUT2D eigenvalue weighted by Crippen LogP contribution is -1.95. The smallest absolute Gasteiger partial charge is 0.146 e. The van der Waals surface area contributed by atoms with Crippen molar-refractivity contribution < 1.29 is 4.39 Å². The number of rotatable bonds is 2. The average Bonchev–Trinajstić information content (AvgIpc) is 2.61. The fraction of sp³-hybridized carbons (Fsp3) is 0.167. The van der Waals surface area contributed by atoms with Crippen LogP contribution in [-0.2, 0) is 0 Å². The molecular weight excluding hydrogens is 390 g/mol. The van der Waals surface area contributed by atoms with E-state index < -0.39 is 0 Å².